The lowest BCUT2D eigenvalue weighted by molar-refractivity contribution is -0.133. The normalized spacial score (nSPS) is 20.8. The highest BCUT2D eigenvalue weighted by Gasteiger charge is 2.31. The summed E-state index contributed by atoms with van der Waals surface area (Å²) in [5.41, 5.74) is 0.762. The summed E-state index contributed by atoms with van der Waals surface area (Å²) in [7, 11) is 0. The summed E-state index contributed by atoms with van der Waals surface area (Å²) in [6.07, 6.45) is 3.65. The third kappa shape index (κ3) is 3.38. The van der Waals surface area contributed by atoms with E-state index >= 15 is 0 Å². The molecule has 0 radical (unpaired) electrons. The van der Waals surface area contributed by atoms with E-state index in [0.717, 1.165) is 36.1 Å². The number of rotatable bonds is 3. The van der Waals surface area contributed by atoms with Gasteiger partial charge >= 0.3 is 0 Å². The van der Waals surface area contributed by atoms with E-state index in [-0.39, 0.29) is 24.3 Å². The quantitative estimate of drug-likeness (QED) is 0.823. The monoisotopic (exact) mass is 374 g/mol. The molecule has 2 aliphatic rings. The van der Waals surface area contributed by atoms with Gasteiger partial charge in [-0.05, 0) is 44.1 Å². The van der Waals surface area contributed by atoms with Crippen LogP contribution in [-0.4, -0.2) is 57.9 Å². The Morgan fingerprint density at radius 2 is 2.27 bits per heavy atom. The number of nitrogens with zero attached hydrogens (tertiary/aromatic N) is 4. The largest absolute Gasteiger partial charge is 0.340 e. The fourth-order valence-corrected chi connectivity index (χ4v) is 4.64. The van der Waals surface area contributed by atoms with Crippen LogP contribution in [0.4, 0.5) is 0 Å². The second-order valence-electron chi connectivity index (χ2n) is 6.95. The number of carbonyl (C=O) groups is 2. The van der Waals surface area contributed by atoms with Crippen molar-refractivity contribution in [2.75, 3.05) is 26.2 Å². The van der Waals surface area contributed by atoms with E-state index < -0.39 is 0 Å². The molecular formula is C18H22N4O3S. The number of aromatic nitrogens is 2. The summed E-state index contributed by atoms with van der Waals surface area (Å²) in [6, 6.07) is 1.87. The second-order valence-corrected chi connectivity index (χ2v) is 7.95. The van der Waals surface area contributed by atoms with Gasteiger partial charge in [-0.1, -0.05) is 5.16 Å². The Morgan fingerprint density at radius 3 is 3.08 bits per heavy atom. The van der Waals surface area contributed by atoms with E-state index in [1.165, 1.54) is 0 Å². The number of aryl methyl sites for hydroxylation is 2. The molecule has 1 fully saturated rings. The maximum atomic E-state index is 12.8. The lowest BCUT2D eigenvalue weighted by atomic mass is 9.98. The fourth-order valence-electron chi connectivity index (χ4n) is 3.73. The van der Waals surface area contributed by atoms with E-state index in [9.17, 15) is 9.59 Å². The minimum atomic E-state index is -0.0202. The van der Waals surface area contributed by atoms with Gasteiger partial charge in [-0.3, -0.25) is 9.59 Å². The third-order valence-corrected chi connectivity index (χ3v) is 6.07. The zero-order valence-corrected chi connectivity index (χ0v) is 15.6. The Balaban J connectivity index is 1.42. The second kappa shape index (κ2) is 7.19. The number of thiophene rings is 1. The molecule has 7 nitrogen and oxygen atoms in total. The van der Waals surface area contributed by atoms with Gasteiger partial charge in [-0.25, -0.2) is 0 Å². The minimum absolute atomic E-state index is 0.00188. The lowest BCUT2D eigenvalue weighted by Gasteiger charge is -2.32. The molecule has 1 saturated heterocycles. The average Bonchev–Trinajstić information content (AvgIpc) is 3.26. The molecule has 4 heterocycles. The molecule has 2 aliphatic heterocycles. The van der Waals surface area contributed by atoms with Crippen LogP contribution < -0.4 is 0 Å². The predicted octanol–water partition coefficient (Wildman–Crippen LogP) is 2.23. The van der Waals surface area contributed by atoms with Crippen molar-refractivity contribution in [3.63, 3.8) is 0 Å². The van der Waals surface area contributed by atoms with Crippen LogP contribution in [0, 0.1) is 6.92 Å². The number of likely N-dealkylation sites (tertiary alicyclic amines) is 1. The molecule has 1 atom stereocenters. The molecule has 0 aliphatic carbocycles. The molecule has 8 heteroatoms. The fraction of sp³-hybridized carbons (Fsp3) is 0.556. The molecule has 138 valence electrons. The average molecular weight is 374 g/mol. The molecular weight excluding hydrogens is 352 g/mol. The first-order valence-corrected chi connectivity index (χ1v) is 9.93. The Bertz CT molecular complexity index is 815. The van der Waals surface area contributed by atoms with Gasteiger partial charge in [0.15, 0.2) is 5.82 Å². The summed E-state index contributed by atoms with van der Waals surface area (Å²) in [5.74, 6) is 1.28. The first-order chi connectivity index (χ1) is 12.6. The van der Waals surface area contributed by atoms with E-state index in [2.05, 4.69) is 10.1 Å². The van der Waals surface area contributed by atoms with Gasteiger partial charge in [0.25, 0.3) is 5.91 Å². The van der Waals surface area contributed by atoms with Crippen molar-refractivity contribution in [1.29, 1.82) is 0 Å². The van der Waals surface area contributed by atoms with Crippen LogP contribution in [0.15, 0.2) is 16.0 Å². The molecule has 2 aromatic heterocycles. The summed E-state index contributed by atoms with van der Waals surface area (Å²) in [6.45, 7) is 3.86. The number of carbonyl (C=O) groups excluding carboxylic acids is 2. The van der Waals surface area contributed by atoms with Crippen molar-refractivity contribution < 1.29 is 14.1 Å². The van der Waals surface area contributed by atoms with Crippen LogP contribution >= 0.6 is 11.3 Å². The summed E-state index contributed by atoms with van der Waals surface area (Å²) in [5, 5.41) is 5.80. The van der Waals surface area contributed by atoms with Gasteiger partial charge < -0.3 is 14.3 Å². The van der Waals surface area contributed by atoms with Gasteiger partial charge in [-0.2, -0.15) is 4.98 Å². The van der Waals surface area contributed by atoms with Crippen LogP contribution in [0.25, 0.3) is 0 Å². The maximum Gasteiger partial charge on any atom is 0.255 e. The number of hydrogen-bond donors (Lipinski definition) is 0. The Morgan fingerprint density at radius 1 is 1.38 bits per heavy atom. The summed E-state index contributed by atoms with van der Waals surface area (Å²) >= 11 is 1.63. The minimum Gasteiger partial charge on any atom is -0.340 e. The maximum absolute atomic E-state index is 12.8. The molecule has 2 amide bonds. The molecule has 0 aromatic carbocycles. The number of hydrogen-bond acceptors (Lipinski definition) is 6. The van der Waals surface area contributed by atoms with Crippen LogP contribution in [-0.2, 0) is 11.2 Å². The van der Waals surface area contributed by atoms with Crippen LogP contribution in [0.2, 0.25) is 0 Å². The van der Waals surface area contributed by atoms with Crippen molar-refractivity contribution in [2.45, 2.75) is 38.5 Å². The molecule has 0 bridgehead atoms. The molecule has 0 spiro atoms. The Hall–Kier alpha value is -2.22. The van der Waals surface area contributed by atoms with Gasteiger partial charge in [-0.15, -0.1) is 11.3 Å². The zero-order valence-electron chi connectivity index (χ0n) is 14.8. The van der Waals surface area contributed by atoms with Crippen molar-refractivity contribution in [3.05, 3.63) is 33.6 Å². The highest BCUT2D eigenvalue weighted by atomic mass is 32.1. The smallest absolute Gasteiger partial charge is 0.255 e. The summed E-state index contributed by atoms with van der Waals surface area (Å²) in [4.78, 5) is 34.5. The lowest BCUT2D eigenvalue weighted by Crippen LogP contribution is -2.46. The Labute approximate surface area is 156 Å². The van der Waals surface area contributed by atoms with E-state index in [1.807, 2.05) is 16.3 Å². The molecule has 26 heavy (non-hydrogen) atoms. The van der Waals surface area contributed by atoms with Gasteiger partial charge in [0, 0.05) is 24.5 Å². The molecule has 0 unspecified atom stereocenters. The first-order valence-electron chi connectivity index (χ1n) is 9.05. The van der Waals surface area contributed by atoms with Crippen molar-refractivity contribution in [3.8, 4) is 0 Å². The zero-order chi connectivity index (χ0) is 18.1. The SMILES string of the molecule is Cc1noc([C@@H]2CCCN(C(=O)CN3CCCc4sccc4C3=O)C2)n1. The van der Waals surface area contributed by atoms with Crippen molar-refractivity contribution in [1.82, 2.24) is 19.9 Å². The topological polar surface area (TPSA) is 79.5 Å². The predicted molar refractivity (Wildman–Crippen MR) is 96.1 cm³/mol. The standard InChI is InChI=1S/C18H22N4O3S/c1-12-19-17(25-20-12)13-4-2-7-21(10-13)16(23)11-22-8-3-5-15-14(18(22)24)6-9-26-15/h6,9,13H,2-5,7-8,10-11H2,1H3/t13-/m1/s1. The van der Waals surface area contributed by atoms with Gasteiger partial charge in [0.2, 0.25) is 11.8 Å². The van der Waals surface area contributed by atoms with E-state index in [1.54, 1.807) is 23.2 Å². The third-order valence-electron chi connectivity index (χ3n) is 5.09. The van der Waals surface area contributed by atoms with E-state index in [4.69, 9.17) is 4.52 Å². The number of fused-ring (bicyclic) bond motifs is 1. The number of amides is 2. The van der Waals surface area contributed by atoms with Gasteiger partial charge in [0.1, 0.15) is 6.54 Å². The molecule has 4 rings (SSSR count). The first kappa shape index (κ1) is 17.2. The molecule has 2 aromatic rings. The number of piperidine rings is 1. The Kier molecular flexibility index (Phi) is 4.76. The van der Waals surface area contributed by atoms with Gasteiger partial charge in [0.05, 0.1) is 11.5 Å². The van der Waals surface area contributed by atoms with Crippen LogP contribution in [0.3, 0.4) is 0 Å². The highest BCUT2D eigenvalue weighted by molar-refractivity contribution is 7.10. The van der Waals surface area contributed by atoms with Crippen molar-refractivity contribution in [2.24, 2.45) is 0 Å². The molecule has 0 saturated carbocycles. The van der Waals surface area contributed by atoms with Crippen molar-refractivity contribution >= 4 is 23.2 Å². The van der Waals surface area contributed by atoms with Crippen LogP contribution in [0.1, 0.15) is 52.1 Å². The molecule has 0 N–H and O–H groups in total. The van der Waals surface area contributed by atoms with E-state index in [0.29, 0.717) is 31.3 Å². The highest BCUT2D eigenvalue weighted by Crippen LogP contribution is 2.27. The summed E-state index contributed by atoms with van der Waals surface area (Å²) < 4.78 is 5.28. The van der Waals surface area contributed by atoms with Crippen LogP contribution in [0.5, 0.6) is 0 Å².